The fraction of sp³-hybridized carbons (Fsp3) is 0.471. The fourth-order valence-corrected chi connectivity index (χ4v) is 3.29. The molecule has 2 aliphatic rings. The Morgan fingerprint density at radius 1 is 1.04 bits per heavy atom. The summed E-state index contributed by atoms with van der Waals surface area (Å²) in [7, 11) is 0. The third-order valence-electron chi connectivity index (χ3n) is 4.35. The molecule has 2 amide bonds. The summed E-state index contributed by atoms with van der Waals surface area (Å²) in [6.07, 6.45) is 3.17. The molecule has 0 aliphatic carbocycles. The predicted molar refractivity (Wildman–Crippen MR) is 98.1 cm³/mol. The highest BCUT2D eigenvalue weighted by molar-refractivity contribution is 7.80. The molecule has 2 heterocycles. The summed E-state index contributed by atoms with van der Waals surface area (Å²) in [4.78, 5) is 26.9. The standard InChI is InChI=1S/C17H22N4O2S/c22-15-3-1-10-20(15)12-9-18-17(24)19-13-5-7-14(8-6-13)21-11-2-4-16(21)23/h5-8H,1-4,9-12H2,(H2,18,19,24). The maximum absolute atomic E-state index is 11.7. The van der Waals surface area contributed by atoms with Gasteiger partial charge in [-0.1, -0.05) is 0 Å². The Morgan fingerprint density at radius 2 is 1.75 bits per heavy atom. The van der Waals surface area contributed by atoms with Gasteiger partial charge in [-0.05, 0) is 49.3 Å². The van der Waals surface area contributed by atoms with Gasteiger partial charge in [0.05, 0.1) is 0 Å². The summed E-state index contributed by atoms with van der Waals surface area (Å²) < 4.78 is 0. The van der Waals surface area contributed by atoms with Gasteiger partial charge in [-0.2, -0.15) is 0 Å². The molecule has 0 unspecified atom stereocenters. The molecule has 0 bridgehead atoms. The van der Waals surface area contributed by atoms with E-state index in [2.05, 4.69) is 10.6 Å². The van der Waals surface area contributed by atoms with E-state index in [1.54, 1.807) is 0 Å². The van der Waals surface area contributed by atoms with Gasteiger partial charge in [0.15, 0.2) is 5.11 Å². The van der Waals surface area contributed by atoms with Crippen LogP contribution in [0.1, 0.15) is 25.7 Å². The molecule has 0 aromatic heterocycles. The van der Waals surface area contributed by atoms with E-state index >= 15 is 0 Å². The van der Waals surface area contributed by atoms with Gasteiger partial charge in [-0.25, -0.2) is 0 Å². The van der Waals surface area contributed by atoms with Crippen LogP contribution in [0, 0.1) is 0 Å². The lowest BCUT2D eigenvalue weighted by Gasteiger charge is -2.18. The zero-order valence-corrected chi connectivity index (χ0v) is 14.4. The lowest BCUT2D eigenvalue weighted by Crippen LogP contribution is -2.37. The van der Waals surface area contributed by atoms with Gasteiger partial charge in [-0.3, -0.25) is 9.59 Å². The Labute approximate surface area is 147 Å². The molecular weight excluding hydrogens is 324 g/mol. The van der Waals surface area contributed by atoms with Gasteiger partial charge in [-0.15, -0.1) is 0 Å². The Hall–Kier alpha value is -2.15. The largest absolute Gasteiger partial charge is 0.361 e. The summed E-state index contributed by atoms with van der Waals surface area (Å²) in [6.45, 7) is 2.95. The van der Waals surface area contributed by atoms with E-state index in [0.717, 1.165) is 37.3 Å². The number of nitrogens with zero attached hydrogens (tertiary/aromatic N) is 2. The normalized spacial score (nSPS) is 17.5. The van der Waals surface area contributed by atoms with Crippen molar-refractivity contribution < 1.29 is 9.59 Å². The number of carbonyl (C=O) groups is 2. The Bertz CT molecular complexity index is 632. The molecular formula is C17H22N4O2S. The number of likely N-dealkylation sites (tertiary alicyclic amines) is 1. The third kappa shape index (κ3) is 4.03. The van der Waals surface area contributed by atoms with Crippen LogP contribution in [0.25, 0.3) is 0 Å². The van der Waals surface area contributed by atoms with E-state index in [0.29, 0.717) is 31.0 Å². The number of amides is 2. The highest BCUT2D eigenvalue weighted by Gasteiger charge is 2.21. The van der Waals surface area contributed by atoms with E-state index < -0.39 is 0 Å². The Balaban J connectivity index is 1.44. The van der Waals surface area contributed by atoms with Crippen LogP contribution in [0.3, 0.4) is 0 Å². The molecule has 2 fully saturated rings. The molecule has 0 radical (unpaired) electrons. The Morgan fingerprint density at radius 3 is 2.38 bits per heavy atom. The van der Waals surface area contributed by atoms with Crippen LogP contribution in [0.2, 0.25) is 0 Å². The molecule has 2 N–H and O–H groups in total. The van der Waals surface area contributed by atoms with Crippen LogP contribution in [0.5, 0.6) is 0 Å². The maximum Gasteiger partial charge on any atom is 0.227 e. The van der Waals surface area contributed by atoms with Crippen LogP contribution in [-0.2, 0) is 9.59 Å². The first-order valence-electron chi connectivity index (χ1n) is 8.36. The molecule has 3 rings (SSSR count). The average Bonchev–Trinajstić information content (AvgIpc) is 3.17. The minimum Gasteiger partial charge on any atom is -0.361 e. The molecule has 0 saturated carbocycles. The molecule has 6 nitrogen and oxygen atoms in total. The number of hydrogen-bond donors (Lipinski definition) is 2. The topological polar surface area (TPSA) is 64.7 Å². The second-order valence-electron chi connectivity index (χ2n) is 6.06. The summed E-state index contributed by atoms with van der Waals surface area (Å²) in [5, 5.41) is 6.77. The number of thiocarbonyl (C=S) groups is 1. The van der Waals surface area contributed by atoms with Gasteiger partial charge in [0.25, 0.3) is 0 Å². The van der Waals surface area contributed by atoms with Crippen LogP contribution in [-0.4, -0.2) is 48.0 Å². The number of nitrogens with one attached hydrogen (secondary N) is 2. The molecule has 1 aromatic carbocycles. The molecule has 7 heteroatoms. The second kappa shape index (κ2) is 7.61. The monoisotopic (exact) mass is 346 g/mol. The van der Waals surface area contributed by atoms with Crippen LogP contribution < -0.4 is 15.5 Å². The quantitative estimate of drug-likeness (QED) is 0.795. The van der Waals surface area contributed by atoms with E-state index in [1.165, 1.54) is 0 Å². The first-order valence-corrected chi connectivity index (χ1v) is 8.77. The van der Waals surface area contributed by atoms with Gasteiger partial charge < -0.3 is 20.4 Å². The average molecular weight is 346 g/mol. The van der Waals surface area contributed by atoms with Crippen molar-refractivity contribution in [2.75, 3.05) is 36.4 Å². The predicted octanol–water partition coefficient (Wildman–Crippen LogP) is 1.72. The Kier molecular flexibility index (Phi) is 5.30. The van der Waals surface area contributed by atoms with Gasteiger partial charge in [0.1, 0.15) is 0 Å². The summed E-state index contributed by atoms with van der Waals surface area (Å²) in [5.74, 6) is 0.409. The first-order chi connectivity index (χ1) is 11.6. The van der Waals surface area contributed by atoms with Gasteiger partial charge in [0, 0.05) is 50.4 Å². The molecule has 0 spiro atoms. The maximum atomic E-state index is 11.7. The summed E-state index contributed by atoms with van der Waals surface area (Å²) in [6, 6.07) is 7.69. The highest BCUT2D eigenvalue weighted by Crippen LogP contribution is 2.22. The number of rotatable bonds is 5. The van der Waals surface area contributed by atoms with Gasteiger partial charge in [0.2, 0.25) is 11.8 Å². The van der Waals surface area contributed by atoms with Crippen molar-refractivity contribution in [2.45, 2.75) is 25.7 Å². The SMILES string of the molecule is O=C1CCCN1CCNC(=S)Nc1ccc(N2CCCC2=O)cc1. The molecule has 0 atom stereocenters. The van der Waals surface area contributed by atoms with E-state index in [9.17, 15) is 9.59 Å². The van der Waals surface area contributed by atoms with Crippen molar-refractivity contribution in [2.24, 2.45) is 0 Å². The van der Waals surface area contributed by atoms with Crippen molar-refractivity contribution in [3.8, 4) is 0 Å². The van der Waals surface area contributed by atoms with Crippen molar-refractivity contribution in [3.63, 3.8) is 0 Å². The first kappa shape index (κ1) is 16.7. The molecule has 128 valence electrons. The van der Waals surface area contributed by atoms with Crippen LogP contribution >= 0.6 is 12.2 Å². The summed E-state index contributed by atoms with van der Waals surface area (Å²) >= 11 is 5.27. The molecule has 2 saturated heterocycles. The van der Waals surface area contributed by atoms with E-state index in [1.807, 2.05) is 34.1 Å². The van der Waals surface area contributed by atoms with Crippen molar-refractivity contribution in [1.82, 2.24) is 10.2 Å². The van der Waals surface area contributed by atoms with E-state index in [4.69, 9.17) is 12.2 Å². The van der Waals surface area contributed by atoms with Gasteiger partial charge >= 0.3 is 0 Å². The number of carbonyl (C=O) groups excluding carboxylic acids is 2. The highest BCUT2D eigenvalue weighted by atomic mass is 32.1. The third-order valence-corrected chi connectivity index (χ3v) is 4.60. The summed E-state index contributed by atoms with van der Waals surface area (Å²) in [5.41, 5.74) is 1.80. The van der Waals surface area contributed by atoms with Crippen LogP contribution in [0.4, 0.5) is 11.4 Å². The molecule has 24 heavy (non-hydrogen) atoms. The molecule has 2 aliphatic heterocycles. The van der Waals surface area contributed by atoms with Crippen LogP contribution in [0.15, 0.2) is 24.3 Å². The lowest BCUT2D eigenvalue weighted by molar-refractivity contribution is -0.127. The smallest absolute Gasteiger partial charge is 0.227 e. The van der Waals surface area contributed by atoms with Crippen molar-refractivity contribution in [1.29, 1.82) is 0 Å². The lowest BCUT2D eigenvalue weighted by atomic mass is 10.2. The zero-order chi connectivity index (χ0) is 16.9. The molecule has 1 aromatic rings. The second-order valence-corrected chi connectivity index (χ2v) is 6.47. The number of anilines is 2. The van der Waals surface area contributed by atoms with Crippen molar-refractivity contribution >= 4 is 40.5 Å². The minimum absolute atomic E-state index is 0.185. The van der Waals surface area contributed by atoms with E-state index in [-0.39, 0.29) is 11.8 Å². The fourth-order valence-electron chi connectivity index (χ4n) is 3.07. The van der Waals surface area contributed by atoms with Crippen molar-refractivity contribution in [3.05, 3.63) is 24.3 Å². The zero-order valence-electron chi connectivity index (χ0n) is 13.6. The number of hydrogen-bond acceptors (Lipinski definition) is 3. The number of benzene rings is 1. The minimum atomic E-state index is 0.185.